The van der Waals surface area contributed by atoms with Crippen LogP contribution in [0, 0.1) is 11.8 Å². The van der Waals surface area contributed by atoms with Gasteiger partial charge in [0.25, 0.3) is 5.91 Å². The van der Waals surface area contributed by atoms with E-state index in [4.69, 9.17) is 21.1 Å². The maximum Gasteiger partial charge on any atom is 0.328 e. The highest BCUT2D eigenvalue weighted by atomic mass is 35.5. The van der Waals surface area contributed by atoms with Gasteiger partial charge in [-0.25, -0.2) is 4.79 Å². The molecular weight excluding hydrogens is 488 g/mol. The number of aromatic nitrogens is 1. The predicted molar refractivity (Wildman–Crippen MR) is 133 cm³/mol. The Hall–Kier alpha value is -3.27. The zero-order chi connectivity index (χ0) is 25.8. The van der Waals surface area contributed by atoms with Crippen molar-refractivity contribution in [3.63, 3.8) is 0 Å². The third kappa shape index (κ3) is 5.92. The van der Waals surface area contributed by atoms with Crippen LogP contribution in [0.1, 0.15) is 49.0 Å². The van der Waals surface area contributed by atoms with Gasteiger partial charge in [-0.2, -0.15) is 0 Å². The second-order valence-corrected chi connectivity index (χ2v) is 9.78. The molecule has 1 aromatic heterocycles. The largest absolute Gasteiger partial charge is 0.496 e. The fourth-order valence-electron chi connectivity index (χ4n) is 4.59. The number of methoxy groups -OCH3 is 2. The number of carbonyl (C=O) groups is 4. The highest BCUT2D eigenvalue weighted by Crippen LogP contribution is 2.34. The Balaban J connectivity index is 1.49. The second kappa shape index (κ2) is 11.2. The second-order valence-electron chi connectivity index (χ2n) is 9.38. The Morgan fingerprint density at radius 3 is 2.56 bits per heavy atom. The average molecular weight is 519 g/mol. The van der Waals surface area contributed by atoms with Gasteiger partial charge in [-0.05, 0) is 49.8 Å². The van der Waals surface area contributed by atoms with E-state index in [0.29, 0.717) is 47.0 Å². The number of aromatic amines is 1. The number of rotatable bonds is 10. The molecule has 3 amide bonds. The van der Waals surface area contributed by atoms with Crippen molar-refractivity contribution >= 4 is 46.2 Å². The van der Waals surface area contributed by atoms with Gasteiger partial charge in [0.1, 0.15) is 23.5 Å². The Morgan fingerprint density at radius 1 is 1.11 bits per heavy atom. The third-order valence-electron chi connectivity index (χ3n) is 6.78. The Morgan fingerprint density at radius 2 is 1.89 bits per heavy atom. The smallest absolute Gasteiger partial charge is 0.328 e. The van der Waals surface area contributed by atoms with Gasteiger partial charge >= 0.3 is 5.97 Å². The van der Waals surface area contributed by atoms with Crippen molar-refractivity contribution in [3.05, 3.63) is 28.9 Å². The number of halogens is 1. The summed E-state index contributed by atoms with van der Waals surface area (Å²) in [7, 11) is 2.77. The van der Waals surface area contributed by atoms with Crippen molar-refractivity contribution in [2.75, 3.05) is 20.8 Å². The van der Waals surface area contributed by atoms with Gasteiger partial charge in [-0.1, -0.05) is 24.4 Å². The van der Waals surface area contributed by atoms with Crippen molar-refractivity contribution in [1.82, 2.24) is 20.9 Å². The van der Waals surface area contributed by atoms with E-state index < -0.39 is 35.8 Å². The number of nitrogens with one attached hydrogen (secondary N) is 4. The fraction of sp³-hybridized carbons (Fsp3) is 0.520. The Kier molecular flexibility index (Phi) is 8.03. The Labute approximate surface area is 213 Å². The number of hydrogen-bond donors (Lipinski definition) is 4. The average Bonchev–Trinajstić information content (AvgIpc) is 3.57. The first-order valence-electron chi connectivity index (χ1n) is 12.1. The molecule has 0 radical (unpaired) electrons. The maximum atomic E-state index is 13.3. The standard InChI is InChI=1S/C25H31ClN4O6/c1-35-20-8-7-16(26)21-15(20)12-18(28-21)24(33)29-17(10-13-5-6-13)23(32)30-19(25(34)36-2)11-14-4-3-9-27-22(14)31/h7-8,12-14,17,19,28H,3-6,9-11H2,1-2H3,(H,27,31)(H,29,33)(H,30,32)/t14-,17-,19-/m0/s1. The third-order valence-corrected chi connectivity index (χ3v) is 7.09. The molecule has 11 heteroatoms. The minimum absolute atomic E-state index is 0.134. The van der Waals surface area contributed by atoms with Gasteiger partial charge in [-0.3, -0.25) is 14.4 Å². The number of fused-ring (bicyclic) bond motifs is 1. The van der Waals surface area contributed by atoms with Crippen LogP contribution in [0.15, 0.2) is 18.2 Å². The summed E-state index contributed by atoms with van der Waals surface area (Å²) >= 11 is 6.27. The molecule has 194 valence electrons. The number of amides is 3. The van der Waals surface area contributed by atoms with Crippen molar-refractivity contribution in [2.24, 2.45) is 11.8 Å². The highest BCUT2D eigenvalue weighted by Gasteiger charge is 2.35. The van der Waals surface area contributed by atoms with Gasteiger partial charge in [-0.15, -0.1) is 0 Å². The first kappa shape index (κ1) is 25.8. The number of benzene rings is 1. The molecule has 0 unspecified atom stereocenters. The molecule has 3 atom stereocenters. The van der Waals surface area contributed by atoms with Crippen LogP contribution in [-0.2, 0) is 19.1 Å². The summed E-state index contributed by atoms with van der Waals surface area (Å²) in [6, 6.07) is 3.15. The van der Waals surface area contributed by atoms with Gasteiger partial charge < -0.3 is 30.4 Å². The molecule has 36 heavy (non-hydrogen) atoms. The number of carbonyl (C=O) groups excluding carboxylic acids is 4. The molecule has 4 rings (SSSR count). The van der Waals surface area contributed by atoms with E-state index in [2.05, 4.69) is 20.9 Å². The SMILES string of the molecule is COC(=O)[C@H](C[C@@H]1CCCNC1=O)NC(=O)[C@H](CC1CC1)NC(=O)c1cc2c(OC)ccc(Cl)c2[nH]1. The van der Waals surface area contributed by atoms with Crippen molar-refractivity contribution in [1.29, 1.82) is 0 Å². The molecule has 1 aromatic carbocycles. The molecular formula is C25H31ClN4O6. The zero-order valence-electron chi connectivity index (χ0n) is 20.3. The number of ether oxygens (including phenoxy) is 2. The number of piperidine rings is 1. The van der Waals surface area contributed by atoms with E-state index in [0.717, 1.165) is 19.3 Å². The maximum absolute atomic E-state index is 13.3. The van der Waals surface area contributed by atoms with Crippen LogP contribution in [-0.4, -0.2) is 61.5 Å². The van der Waals surface area contributed by atoms with E-state index in [1.165, 1.54) is 14.2 Å². The van der Waals surface area contributed by atoms with Crippen LogP contribution in [0.4, 0.5) is 0 Å². The van der Waals surface area contributed by atoms with Gasteiger partial charge in [0.2, 0.25) is 11.8 Å². The molecule has 1 aliphatic carbocycles. The lowest BCUT2D eigenvalue weighted by atomic mass is 9.91. The highest BCUT2D eigenvalue weighted by molar-refractivity contribution is 6.35. The molecule has 2 aliphatic rings. The molecule has 0 spiro atoms. The summed E-state index contributed by atoms with van der Waals surface area (Å²) in [4.78, 5) is 54.0. The number of H-pyrrole nitrogens is 1. The zero-order valence-corrected chi connectivity index (χ0v) is 21.1. The van der Waals surface area contributed by atoms with Gasteiger partial charge in [0, 0.05) is 17.8 Å². The van der Waals surface area contributed by atoms with Crippen LogP contribution in [0.25, 0.3) is 10.9 Å². The van der Waals surface area contributed by atoms with E-state index in [1.54, 1.807) is 18.2 Å². The predicted octanol–water partition coefficient (Wildman–Crippen LogP) is 2.30. The summed E-state index contributed by atoms with van der Waals surface area (Å²) in [5.41, 5.74) is 0.786. The molecule has 1 saturated heterocycles. The molecule has 2 fully saturated rings. The summed E-state index contributed by atoms with van der Waals surface area (Å²) in [5.74, 6) is -1.26. The van der Waals surface area contributed by atoms with Crippen molar-refractivity contribution in [2.45, 2.75) is 50.6 Å². The topological polar surface area (TPSA) is 139 Å². The molecule has 1 aliphatic heterocycles. The lowest BCUT2D eigenvalue weighted by Gasteiger charge is -2.27. The van der Waals surface area contributed by atoms with Crippen LogP contribution in [0.3, 0.4) is 0 Å². The molecule has 2 heterocycles. The lowest BCUT2D eigenvalue weighted by Crippen LogP contribution is -2.53. The van der Waals surface area contributed by atoms with Gasteiger partial charge in [0.15, 0.2) is 0 Å². The lowest BCUT2D eigenvalue weighted by molar-refractivity contribution is -0.146. The Bertz CT molecular complexity index is 1160. The normalized spacial score (nSPS) is 19.2. The molecule has 1 saturated carbocycles. The van der Waals surface area contributed by atoms with Crippen LogP contribution in [0.2, 0.25) is 5.02 Å². The van der Waals surface area contributed by atoms with Crippen LogP contribution in [0.5, 0.6) is 5.75 Å². The monoisotopic (exact) mass is 518 g/mol. The van der Waals surface area contributed by atoms with Gasteiger partial charge in [0.05, 0.1) is 24.8 Å². The summed E-state index contributed by atoms with van der Waals surface area (Å²) < 4.78 is 10.2. The summed E-state index contributed by atoms with van der Waals surface area (Å²) in [6.45, 7) is 0.602. The number of esters is 1. The summed E-state index contributed by atoms with van der Waals surface area (Å²) in [5, 5.41) is 9.39. The summed E-state index contributed by atoms with van der Waals surface area (Å²) in [6.07, 6.45) is 3.96. The molecule has 2 aromatic rings. The molecule has 10 nitrogen and oxygen atoms in total. The van der Waals surface area contributed by atoms with Crippen molar-refractivity contribution < 1.29 is 28.7 Å². The minimum atomic E-state index is -0.994. The first-order chi connectivity index (χ1) is 17.3. The minimum Gasteiger partial charge on any atom is -0.496 e. The van der Waals surface area contributed by atoms with Crippen molar-refractivity contribution in [3.8, 4) is 5.75 Å². The fourth-order valence-corrected chi connectivity index (χ4v) is 4.80. The van der Waals surface area contributed by atoms with E-state index in [9.17, 15) is 19.2 Å². The molecule has 0 bridgehead atoms. The van der Waals surface area contributed by atoms with E-state index in [-0.39, 0.29) is 18.0 Å². The van der Waals surface area contributed by atoms with E-state index >= 15 is 0 Å². The van der Waals surface area contributed by atoms with Crippen LogP contribution >= 0.6 is 11.6 Å². The quantitative estimate of drug-likeness (QED) is 0.356. The molecule has 4 N–H and O–H groups in total. The number of hydrogen-bond acceptors (Lipinski definition) is 6. The first-order valence-corrected chi connectivity index (χ1v) is 12.5. The van der Waals surface area contributed by atoms with E-state index in [1.807, 2.05) is 0 Å². The van der Waals surface area contributed by atoms with Crippen LogP contribution < -0.4 is 20.7 Å².